The first-order chi connectivity index (χ1) is 13.3. The molecule has 0 fully saturated rings. The van der Waals surface area contributed by atoms with E-state index in [0.717, 1.165) is 11.3 Å². The highest BCUT2D eigenvalue weighted by molar-refractivity contribution is 9.10. The lowest BCUT2D eigenvalue weighted by Gasteiger charge is -2.12. The lowest BCUT2D eigenvalue weighted by atomic mass is 10.1. The number of aliphatic imine (C=N–C) groups is 1. The molecule has 2 N–H and O–H groups in total. The number of anilines is 1. The molecule has 144 valence electrons. The molecule has 0 spiro atoms. The Hall–Kier alpha value is -2.75. The predicted molar refractivity (Wildman–Crippen MR) is 113 cm³/mol. The minimum Gasteiger partial charge on any atom is -0.341 e. The highest BCUT2D eigenvalue weighted by Crippen LogP contribution is 2.28. The van der Waals surface area contributed by atoms with Crippen molar-refractivity contribution in [2.75, 3.05) is 5.32 Å². The first-order valence-corrected chi connectivity index (χ1v) is 10.4. The lowest BCUT2D eigenvalue weighted by Crippen LogP contribution is -2.08. The van der Waals surface area contributed by atoms with Crippen molar-refractivity contribution < 1.29 is 13.0 Å². The third-order valence-corrected chi connectivity index (χ3v) is 5.29. The standard InChI is InChI=1S/C19H17BrN4O3S/c1-13(15-6-4-3-5-7-15)22-19-18(20)12-21-24(19)14(2)23-16-8-10-17(11-9-16)28(25,26)27/h3-12,23H,2H2,1H3,(H,25,26,27). The fourth-order valence-corrected chi connectivity index (χ4v) is 3.28. The number of hydrogen-bond acceptors (Lipinski definition) is 5. The summed E-state index contributed by atoms with van der Waals surface area (Å²) in [6.45, 7) is 5.88. The van der Waals surface area contributed by atoms with Crippen LogP contribution in [0, 0.1) is 0 Å². The maximum atomic E-state index is 11.1. The molecule has 0 aliphatic carbocycles. The molecule has 3 aromatic rings. The molecule has 2 aromatic carbocycles. The summed E-state index contributed by atoms with van der Waals surface area (Å²) in [6.07, 6.45) is 1.62. The predicted octanol–water partition coefficient (Wildman–Crippen LogP) is 4.57. The monoisotopic (exact) mass is 460 g/mol. The second-order valence-corrected chi connectivity index (χ2v) is 8.14. The van der Waals surface area contributed by atoms with Gasteiger partial charge in [0, 0.05) is 11.4 Å². The van der Waals surface area contributed by atoms with E-state index in [0.29, 0.717) is 21.8 Å². The third-order valence-electron chi connectivity index (χ3n) is 3.86. The van der Waals surface area contributed by atoms with Crippen molar-refractivity contribution in [3.8, 4) is 0 Å². The maximum Gasteiger partial charge on any atom is 0.294 e. The molecule has 0 bridgehead atoms. The highest BCUT2D eigenvalue weighted by atomic mass is 79.9. The Kier molecular flexibility index (Phi) is 5.78. The maximum absolute atomic E-state index is 11.1. The summed E-state index contributed by atoms with van der Waals surface area (Å²) in [4.78, 5) is 4.47. The minimum atomic E-state index is -4.24. The van der Waals surface area contributed by atoms with Crippen molar-refractivity contribution >= 4 is 49.1 Å². The van der Waals surface area contributed by atoms with Crippen molar-refractivity contribution in [2.24, 2.45) is 4.99 Å². The second kappa shape index (κ2) is 8.09. The first-order valence-electron chi connectivity index (χ1n) is 8.14. The van der Waals surface area contributed by atoms with E-state index in [4.69, 9.17) is 4.55 Å². The summed E-state index contributed by atoms with van der Waals surface area (Å²) >= 11 is 3.45. The Balaban J connectivity index is 1.86. The van der Waals surface area contributed by atoms with Crippen molar-refractivity contribution in [2.45, 2.75) is 11.8 Å². The van der Waals surface area contributed by atoms with Crippen LogP contribution in [-0.2, 0) is 10.1 Å². The zero-order chi connectivity index (χ0) is 20.3. The Labute approximate surface area is 171 Å². The van der Waals surface area contributed by atoms with Crippen LogP contribution in [0.2, 0.25) is 0 Å². The van der Waals surface area contributed by atoms with Crippen LogP contribution in [0.1, 0.15) is 12.5 Å². The zero-order valence-corrected chi connectivity index (χ0v) is 17.3. The lowest BCUT2D eigenvalue weighted by molar-refractivity contribution is 0.483. The van der Waals surface area contributed by atoms with Crippen LogP contribution in [0.15, 0.2) is 81.7 Å². The number of halogens is 1. The molecule has 7 nitrogen and oxygen atoms in total. The van der Waals surface area contributed by atoms with Crippen LogP contribution < -0.4 is 5.32 Å². The first kappa shape index (κ1) is 20.0. The molecule has 0 unspecified atom stereocenters. The van der Waals surface area contributed by atoms with E-state index in [2.05, 4.69) is 37.9 Å². The smallest absolute Gasteiger partial charge is 0.294 e. The van der Waals surface area contributed by atoms with Gasteiger partial charge >= 0.3 is 0 Å². The van der Waals surface area contributed by atoms with Gasteiger partial charge in [-0.05, 0) is 52.7 Å². The summed E-state index contributed by atoms with van der Waals surface area (Å²) in [6, 6.07) is 15.4. The van der Waals surface area contributed by atoms with Crippen molar-refractivity contribution in [3.63, 3.8) is 0 Å². The summed E-state index contributed by atoms with van der Waals surface area (Å²) in [7, 11) is -4.24. The van der Waals surface area contributed by atoms with Gasteiger partial charge in [-0.25, -0.2) is 4.99 Å². The van der Waals surface area contributed by atoms with E-state index in [1.54, 1.807) is 6.20 Å². The summed E-state index contributed by atoms with van der Waals surface area (Å²) in [5.41, 5.74) is 2.38. The molecule has 1 heterocycles. The molecular weight excluding hydrogens is 444 g/mol. The van der Waals surface area contributed by atoms with Gasteiger partial charge in [-0.15, -0.1) is 0 Å². The number of nitrogens with zero attached hydrogens (tertiary/aromatic N) is 3. The van der Waals surface area contributed by atoms with E-state index in [9.17, 15) is 8.42 Å². The fourth-order valence-electron chi connectivity index (χ4n) is 2.45. The number of aromatic nitrogens is 2. The summed E-state index contributed by atoms with van der Waals surface area (Å²) in [5.74, 6) is 0.985. The molecular formula is C19H17BrN4O3S. The van der Waals surface area contributed by atoms with Gasteiger partial charge in [0.1, 0.15) is 5.82 Å². The largest absolute Gasteiger partial charge is 0.341 e. The Morgan fingerprint density at radius 1 is 1.18 bits per heavy atom. The van der Waals surface area contributed by atoms with E-state index in [-0.39, 0.29) is 4.90 Å². The Bertz CT molecular complexity index is 1140. The Morgan fingerprint density at radius 3 is 2.43 bits per heavy atom. The molecule has 28 heavy (non-hydrogen) atoms. The van der Waals surface area contributed by atoms with Crippen LogP contribution in [0.4, 0.5) is 11.5 Å². The van der Waals surface area contributed by atoms with Gasteiger partial charge in [-0.3, -0.25) is 4.55 Å². The van der Waals surface area contributed by atoms with Gasteiger partial charge in [-0.1, -0.05) is 36.9 Å². The molecule has 0 radical (unpaired) electrons. The van der Waals surface area contributed by atoms with Crippen molar-refractivity contribution in [1.82, 2.24) is 9.78 Å². The van der Waals surface area contributed by atoms with E-state index in [1.165, 1.54) is 28.9 Å². The molecule has 0 saturated carbocycles. The third kappa shape index (κ3) is 4.56. The molecule has 0 aliphatic heterocycles. The van der Waals surface area contributed by atoms with Crippen LogP contribution >= 0.6 is 15.9 Å². The van der Waals surface area contributed by atoms with E-state index in [1.807, 2.05) is 37.3 Å². The van der Waals surface area contributed by atoms with Gasteiger partial charge in [0.25, 0.3) is 10.1 Å². The van der Waals surface area contributed by atoms with Gasteiger partial charge in [0.2, 0.25) is 0 Å². The molecule has 0 amide bonds. The molecule has 0 atom stereocenters. The van der Waals surface area contributed by atoms with Crippen LogP contribution in [0.3, 0.4) is 0 Å². The molecule has 1 aromatic heterocycles. The van der Waals surface area contributed by atoms with Gasteiger partial charge in [-0.2, -0.15) is 18.2 Å². The number of hydrogen-bond donors (Lipinski definition) is 2. The quantitative estimate of drug-likeness (QED) is 0.414. The second-order valence-electron chi connectivity index (χ2n) is 5.86. The Morgan fingerprint density at radius 2 is 1.82 bits per heavy atom. The van der Waals surface area contributed by atoms with Crippen molar-refractivity contribution in [3.05, 3.63) is 77.4 Å². The van der Waals surface area contributed by atoms with Crippen LogP contribution in [-0.4, -0.2) is 28.5 Å². The van der Waals surface area contributed by atoms with Gasteiger partial charge in [0.05, 0.1) is 15.6 Å². The normalized spacial score (nSPS) is 12.0. The highest BCUT2D eigenvalue weighted by Gasteiger charge is 2.13. The van der Waals surface area contributed by atoms with E-state index < -0.39 is 10.1 Å². The molecule has 0 aliphatic rings. The zero-order valence-electron chi connectivity index (χ0n) is 14.9. The van der Waals surface area contributed by atoms with E-state index >= 15 is 0 Å². The van der Waals surface area contributed by atoms with Crippen LogP contribution in [0.25, 0.3) is 5.82 Å². The SMILES string of the molecule is C=C(Nc1ccc(S(=O)(=O)O)cc1)n1ncc(Br)c1N=C(C)c1ccccc1. The molecule has 0 saturated heterocycles. The average Bonchev–Trinajstić information content (AvgIpc) is 3.02. The minimum absolute atomic E-state index is 0.186. The number of rotatable bonds is 6. The average molecular weight is 461 g/mol. The van der Waals surface area contributed by atoms with Crippen molar-refractivity contribution in [1.29, 1.82) is 0 Å². The van der Waals surface area contributed by atoms with Gasteiger partial charge < -0.3 is 5.32 Å². The molecule has 9 heteroatoms. The summed E-state index contributed by atoms with van der Waals surface area (Å²) in [5, 5.41) is 7.32. The fraction of sp³-hybridized carbons (Fsp3) is 0.0526. The van der Waals surface area contributed by atoms with Gasteiger partial charge in [0.15, 0.2) is 5.82 Å². The summed E-state index contributed by atoms with van der Waals surface area (Å²) < 4.78 is 33.6. The number of benzene rings is 2. The molecule has 3 rings (SSSR count). The van der Waals surface area contributed by atoms with Crippen LogP contribution in [0.5, 0.6) is 0 Å². The number of nitrogens with one attached hydrogen (secondary N) is 1. The topological polar surface area (TPSA) is 96.6 Å².